The van der Waals surface area contributed by atoms with Crippen molar-refractivity contribution >= 4 is 29.9 Å². The van der Waals surface area contributed by atoms with Crippen LogP contribution in [0.1, 0.15) is 39.7 Å². The van der Waals surface area contributed by atoms with Crippen molar-refractivity contribution in [2.24, 2.45) is 11.1 Å². The molecule has 140 valence electrons. The van der Waals surface area contributed by atoms with Crippen molar-refractivity contribution < 1.29 is 14.3 Å². The molecule has 0 heterocycles. The van der Waals surface area contributed by atoms with Gasteiger partial charge in [-0.1, -0.05) is 26.0 Å². The number of anilines is 1. The molecule has 0 spiro atoms. The number of nitrogens with one attached hydrogen (secondary N) is 2. The van der Waals surface area contributed by atoms with E-state index in [2.05, 4.69) is 10.6 Å². The summed E-state index contributed by atoms with van der Waals surface area (Å²) in [7, 11) is 0. The first kappa shape index (κ1) is 21.4. The molecular formula is C18H28ClN3O3. The van der Waals surface area contributed by atoms with E-state index in [0.29, 0.717) is 19.6 Å². The van der Waals surface area contributed by atoms with Gasteiger partial charge in [-0.05, 0) is 24.6 Å². The molecule has 2 rings (SSSR count). The summed E-state index contributed by atoms with van der Waals surface area (Å²) >= 11 is 0. The third kappa shape index (κ3) is 4.32. The molecule has 0 radical (unpaired) electrons. The minimum atomic E-state index is -0.914. The first-order chi connectivity index (χ1) is 11.2. The van der Waals surface area contributed by atoms with Gasteiger partial charge in [0.05, 0.1) is 6.10 Å². The molecule has 2 unspecified atom stereocenters. The number of amides is 2. The number of halogens is 1. The summed E-state index contributed by atoms with van der Waals surface area (Å²) in [5.74, 6) is -0.272. The fourth-order valence-electron chi connectivity index (χ4n) is 3.07. The smallest absolute Gasteiger partial charge is 0.241 e. The quantitative estimate of drug-likeness (QED) is 0.716. The molecule has 1 aromatic carbocycles. The summed E-state index contributed by atoms with van der Waals surface area (Å²) in [6.45, 7) is 8.36. The van der Waals surface area contributed by atoms with Crippen LogP contribution < -0.4 is 16.4 Å². The zero-order valence-corrected chi connectivity index (χ0v) is 16.0. The molecule has 1 saturated carbocycles. The van der Waals surface area contributed by atoms with Crippen molar-refractivity contribution in [3.05, 3.63) is 29.8 Å². The molecule has 1 fully saturated rings. The van der Waals surface area contributed by atoms with Crippen molar-refractivity contribution in [3.63, 3.8) is 0 Å². The fourth-order valence-corrected chi connectivity index (χ4v) is 3.07. The summed E-state index contributed by atoms with van der Waals surface area (Å²) in [6, 6.07) is 7.34. The average molecular weight is 370 g/mol. The number of hydrogen-bond acceptors (Lipinski definition) is 4. The Morgan fingerprint density at radius 3 is 2.36 bits per heavy atom. The Balaban J connectivity index is 0.00000312. The van der Waals surface area contributed by atoms with E-state index in [-0.39, 0.29) is 30.3 Å². The number of rotatable bonds is 6. The largest absolute Gasteiger partial charge is 0.378 e. The van der Waals surface area contributed by atoms with E-state index >= 15 is 0 Å². The topological polar surface area (TPSA) is 93.4 Å². The molecule has 0 saturated heterocycles. The maximum absolute atomic E-state index is 12.5. The molecule has 0 aliphatic heterocycles. The highest BCUT2D eigenvalue weighted by molar-refractivity contribution is 5.89. The van der Waals surface area contributed by atoms with Gasteiger partial charge < -0.3 is 21.1 Å². The number of nitrogens with two attached hydrogens (primary N) is 1. The summed E-state index contributed by atoms with van der Waals surface area (Å²) in [4.78, 5) is 23.6. The van der Waals surface area contributed by atoms with Crippen LogP contribution in [0.4, 0.5) is 5.69 Å². The minimum Gasteiger partial charge on any atom is -0.378 e. The van der Waals surface area contributed by atoms with Gasteiger partial charge in [-0.25, -0.2) is 0 Å². The maximum atomic E-state index is 12.5. The Bertz CT molecular complexity index is 618. The molecule has 2 atom stereocenters. The summed E-state index contributed by atoms with van der Waals surface area (Å²) in [5.41, 5.74) is 6.71. The van der Waals surface area contributed by atoms with Crippen LogP contribution >= 0.6 is 12.4 Å². The fraction of sp³-hybridized carbons (Fsp3) is 0.556. The monoisotopic (exact) mass is 369 g/mol. The highest BCUT2D eigenvalue weighted by Crippen LogP contribution is 2.49. The van der Waals surface area contributed by atoms with Crippen LogP contribution in [0.3, 0.4) is 0 Å². The third-order valence-corrected chi connectivity index (χ3v) is 4.96. The zero-order valence-electron chi connectivity index (χ0n) is 15.2. The van der Waals surface area contributed by atoms with Gasteiger partial charge in [0.25, 0.3) is 0 Å². The molecule has 1 aliphatic rings. The Labute approximate surface area is 155 Å². The van der Waals surface area contributed by atoms with E-state index in [1.165, 1.54) is 6.92 Å². The third-order valence-electron chi connectivity index (χ3n) is 4.96. The maximum Gasteiger partial charge on any atom is 0.241 e. The molecule has 0 aromatic heterocycles. The highest BCUT2D eigenvalue weighted by atomic mass is 35.5. The van der Waals surface area contributed by atoms with Crippen LogP contribution in [-0.4, -0.2) is 30.1 Å². The molecule has 4 N–H and O–H groups in total. The van der Waals surface area contributed by atoms with Gasteiger partial charge in [-0.15, -0.1) is 12.4 Å². The first-order valence-electron chi connectivity index (χ1n) is 8.26. The number of hydrogen-bond donors (Lipinski definition) is 3. The lowest BCUT2D eigenvalue weighted by atomic mass is 9.54. The SMILES string of the molecule is CCOC1CC(N)(C(=O)NCc2ccc(NC(C)=O)cc2)C1(C)C.Cl. The molecule has 2 amide bonds. The summed E-state index contributed by atoms with van der Waals surface area (Å²) in [5, 5.41) is 5.62. The van der Waals surface area contributed by atoms with Crippen molar-refractivity contribution in [1.82, 2.24) is 5.32 Å². The van der Waals surface area contributed by atoms with Crippen molar-refractivity contribution in [1.29, 1.82) is 0 Å². The van der Waals surface area contributed by atoms with Gasteiger partial charge in [0, 0.05) is 37.6 Å². The Kier molecular flexibility index (Phi) is 6.99. The van der Waals surface area contributed by atoms with Crippen LogP contribution in [0.5, 0.6) is 0 Å². The lowest BCUT2D eigenvalue weighted by molar-refractivity contribution is -0.170. The molecular weight excluding hydrogens is 342 g/mol. The summed E-state index contributed by atoms with van der Waals surface area (Å²) in [6.07, 6.45) is 0.538. The first-order valence-corrected chi connectivity index (χ1v) is 8.26. The molecule has 25 heavy (non-hydrogen) atoms. The van der Waals surface area contributed by atoms with Gasteiger partial charge in [0.1, 0.15) is 5.54 Å². The number of ether oxygens (including phenoxy) is 1. The van der Waals surface area contributed by atoms with Gasteiger partial charge in [-0.3, -0.25) is 9.59 Å². The second-order valence-corrected chi connectivity index (χ2v) is 6.90. The Morgan fingerprint density at radius 2 is 1.88 bits per heavy atom. The number of carbonyl (C=O) groups excluding carboxylic acids is 2. The van der Waals surface area contributed by atoms with Crippen molar-refractivity contribution in [2.75, 3.05) is 11.9 Å². The normalized spacial score (nSPS) is 23.8. The van der Waals surface area contributed by atoms with E-state index in [9.17, 15) is 9.59 Å². The van der Waals surface area contributed by atoms with Crippen LogP contribution in [0.2, 0.25) is 0 Å². The predicted molar refractivity (Wildman–Crippen MR) is 101 cm³/mol. The zero-order chi connectivity index (χ0) is 18.0. The van der Waals surface area contributed by atoms with Gasteiger partial charge in [0.2, 0.25) is 11.8 Å². The molecule has 0 bridgehead atoms. The summed E-state index contributed by atoms with van der Waals surface area (Å²) < 4.78 is 5.65. The average Bonchev–Trinajstić information content (AvgIpc) is 2.53. The lowest BCUT2D eigenvalue weighted by Gasteiger charge is -2.57. The molecule has 6 nitrogen and oxygen atoms in total. The second kappa shape index (κ2) is 8.17. The van der Waals surface area contributed by atoms with Gasteiger partial charge in [0.15, 0.2) is 0 Å². The van der Waals surface area contributed by atoms with E-state index in [0.717, 1.165) is 11.3 Å². The predicted octanol–water partition coefficient (Wildman–Crippen LogP) is 2.22. The van der Waals surface area contributed by atoms with Crippen LogP contribution in [0.15, 0.2) is 24.3 Å². The van der Waals surface area contributed by atoms with Gasteiger partial charge >= 0.3 is 0 Å². The Morgan fingerprint density at radius 1 is 1.28 bits per heavy atom. The molecule has 1 aromatic rings. The van der Waals surface area contributed by atoms with Gasteiger partial charge in [-0.2, -0.15) is 0 Å². The highest BCUT2D eigenvalue weighted by Gasteiger charge is 2.62. The second-order valence-electron chi connectivity index (χ2n) is 6.90. The molecule has 1 aliphatic carbocycles. The minimum absolute atomic E-state index is 0. The van der Waals surface area contributed by atoms with Crippen LogP contribution in [0.25, 0.3) is 0 Å². The van der Waals surface area contributed by atoms with Crippen molar-refractivity contribution in [2.45, 2.75) is 52.3 Å². The standard InChI is InChI=1S/C18H27N3O3.ClH/c1-5-24-15-10-18(19,17(15,3)4)16(23)20-11-13-6-8-14(9-7-13)21-12(2)22;/h6-9,15H,5,10-11,19H2,1-4H3,(H,20,23)(H,21,22);1H. The molecule has 7 heteroatoms. The van der Waals surface area contributed by atoms with E-state index in [4.69, 9.17) is 10.5 Å². The van der Waals surface area contributed by atoms with E-state index in [1.54, 1.807) is 12.1 Å². The van der Waals surface area contributed by atoms with E-state index in [1.807, 2.05) is 32.9 Å². The van der Waals surface area contributed by atoms with Crippen LogP contribution in [0, 0.1) is 5.41 Å². The van der Waals surface area contributed by atoms with E-state index < -0.39 is 11.0 Å². The van der Waals surface area contributed by atoms with Crippen molar-refractivity contribution in [3.8, 4) is 0 Å². The lowest BCUT2D eigenvalue weighted by Crippen LogP contribution is -2.75. The number of carbonyl (C=O) groups is 2. The number of benzene rings is 1. The Hall–Kier alpha value is -1.63. The van der Waals surface area contributed by atoms with Crippen LogP contribution in [-0.2, 0) is 20.9 Å².